The number of urea groups is 1. The standard InChI is InChI=1S/C17H20N2O2/c1-12(18-17(20)19-16-7-4-10-21-16)14-9-8-13-5-2-3-6-15(13)11-14/h4,7-12H,2-3,5-6H2,1H3,(H2,18,19,20). The lowest BCUT2D eigenvalue weighted by Gasteiger charge is -2.20. The lowest BCUT2D eigenvalue weighted by atomic mass is 9.89. The van der Waals surface area contributed by atoms with Crippen LogP contribution in [0.25, 0.3) is 0 Å². The molecule has 2 amide bonds. The Morgan fingerprint density at radius 3 is 2.76 bits per heavy atom. The lowest BCUT2D eigenvalue weighted by molar-refractivity contribution is 0.249. The second-order valence-corrected chi connectivity index (χ2v) is 5.53. The molecular weight excluding hydrogens is 264 g/mol. The maximum absolute atomic E-state index is 11.9. The second-order valence-electron chi connectivity index (χ2n) is 5.53. The topological polar surface area (TPSA) is 54.3 Å². The molecule has 2 aromatic rings. The number of hydrogen-bond acceptors (Lipinski definition) is 2. The summed E-state index contributed by atoms with van der Waals surface area (Å²) >= 11 is 0. The maximum Gasteiger partial charge on any atom is 0.322 e. The Morgan fingerprint density at radius 2 is 2.00 bits per heavy atom. The molecule has 21 heavy (non-hydrogen) atoms. The Morgan fingerprint density at radius 1 is 1.19 bits per heavy atom. The fourth-order valence-corrected chi connectivity index (χ4v) is 2.80. The summed E-state index contributed by atoms with van der Waals surface area (Å²) in [6, 6.07) is 9.70. The molecule has 3 rings (SSSR count). The van der Waals surface area contributed by atoms with Gasteiger partial charge in [-0.15, -0.1) is 0 Å². The number of rotatable bonds is 3. The van der Waals surface area contributed by atoms with Crippen LogP contribution in [0.3, 0.4) is 0 Å². The van der Waals surface area contributed by atoms with Gasteiger partial charge in [0.1, 0.15) is 0 Å². The smallest absolute Gasteiger partial charge is 0.322 e. The molecule has 4 heteroatoms. The van der Waals surface area contributed by atoms with Crippen LogP contribution in [0.2, 0.25) is 0 Å². The number of aryl methyl sites for hydroxylation is 2. The summed E-state index contributed by atoms with van der Waals surface area (Å²) in [5.74, 6) is 0.449. The molecule has 0 radical (unpaired) electrons. The number of furan rings is 1. The highest BCUT2D eigenvalue weighted by atomic mass is 16.3. The first-order valence-corrected chi connectivity index (χ1v) is 7.45. The predicted molar refractivity (Wildman–Crippen MR) is 82.4 cm³/mol. The molecule has 0 saturated heterocycles. The van der Waals surface area contributed by atoms with E-state index in [0.29, 0.717) is 5.88 Å². The van der Waals surface area contributed by atoms with Gasteiger partial charge in [0, 0.05) is 6.07 Å². The normalized spacial score (nSPS) is 15.1. The third-order valence-electron chi connectivity index (χ3n) is 3.98. The van der Waals surface area contributed by atoms with Gasteiger partial charge in [0.15, 0.2) is 0 Å². The molecule has 1 aromatic heterocycles. The van der Waals surface area contributed by atoms with Gasteiger partial charge in [0.2, 0.25) is 5.88 Å². The van der Waals surface area contributed by atoms with Crippen LogP contribution in [-0.4, -0.2) is 6.03 Å². The van der Waals surface area contributed by atoms with Gasteiger partial charge in [-0.1, -0.05) is 18.2 Å². The van der Waals surface area contributed by atoms with Gasteiger partial charge in [-0.05, 0) is 55.4 Å². The molecule has 1 atom stereocenters. The first-order valence-electron chi connectivity index (χ1n) is 7.45. The minimum absolute atomic E-state index is 0.0350. The highest BCUT2D eigenvalue weighted by molar-refractivity contribution is 5.88. The van der Waals surface area contributed by atoms with Crippen molar-refractivity contribution in [1.82, 2.24) is 5.32 Å². The number of carbonyl (C=O) groups is 1. The third kappa shape index (κ3) is 3.27. The van der Waals surface area contributed by atoms with Gasteiger partial charge in [0.05, 0.1) is 12.3 Å². The molecule has 0 bridgehead atoms. The van der Waals surface area contributed by atoms with Crippen LogP contribution in [-0.2, 0) is 12.8 Å². The zero-order valence-electron chi connectivity index (χ0n) is 12.2. The number of benzene rings is 1. The Kier molecular flexibility index (Phi) is 3.95. The Balaban J connectivity index is 1.64. The van der Waals surface area contributed by atoms with Crippen molar-refractivity contribution in [1.29, 1.82) is 0 Å². The number of amides is 2. The van der Waals surface area contributed by atoms with Gasteiger partial charge in [0.25, 0.3) is 0 Å². The molecule has 4 nitrogen and oxygen atoms in total. The van der Waals surface area contributed by atoms with Crippen LogP contribution in [0.1, 0.15) is 42.5 Å². The van der Waals surface area contributed by atoms with Crippen LogP contribution >= 0.6 is 0 Å². The fourth-order valence-electron chi connectivity index (χ4n) is 2.80. The molecule has 1 aromatic carbocycles. The minimum atomic E-state index is -0.254. The molecule has 2 N–H and O–H groups in total. The first kappa shape index (κ1) is 13.7. The maximum atomic E-state index is 11.9. The summed E-state index contributed by atoms with van der Waals surface area (Å²) in [5, 5.41) is 5.60. The SMILES string of the molecule is CC(NC(=O)Nc1ccco1)c1ccc2c(c1)CCCC2. The molecule has 0 aliphatic heterocycles. The zero-order valence-corrected chi connectivity index (χ0v) is 12.2. The summed E-state index contributed by atoms with van der Waals surface area (Å²) in [4.78, 5) is 11.9. The summed E-state index contributed by atoms with van der Waals surface area (Å²) < 4.78 is 5.09. The monoisotopic (exact) mass is 284 g/mol. The Bertz CT molecular complexity index is 620. The largest absolute Gasteiger partial charge is 0.449 e. The summed E-state index contributed by atoms with van der Waals surface area (Å²) in [6.07, 6.45) is 6.40. The van der Waals surface area contributed by atoms with E-state index in [2.05, 4.69) is 28.8 Å². The number of fused-ring (bicyclic) bond motifs is 1. The van der Waals surface area contributed by atoms with E-state index >= 15 is 0 Å². The molecule has 0 fully saturated rings. The average Bonchev–Trinajstić information content (AvgIpc) is 2.99. The van der Waals surface area contributed by atoms with E-state index in [-0.39, 0.29) is 12.1 Å². The molecule has 1 aliphatic rings. The van der Waals surface area contributed by atoms with Gasteiger partial charge in [-0.2, -0.15) is 0 Å². The Labute approximate surface area is 124 Å². The zero-order chi connectivity index (χ0) is 14.7. The molecule has 1 heterocycles. The number of nitrogens with one attached hydrogen (secondary N) is 2. The van der Waals surface area contributed by atoms with E-state index in [1.54, 1.807) is 12.1 Å². The van der Waals surface area contributed by atoms with Crippen molar-refractivity contribution in [2.75, 3.05) is 5.32 Å². The predicted octanol–water partition coefficient (Wildman–Crippen LogP) is 4.04. The van der Waals surface area contributed by atoms with Crippen molar-refractivity contribution < 1.29 is 9.21 Å². The van der Waals surface area contributed by atoms with Crippen LogP contribution in [0, 0.1) is 0 Å². The van der Waals surface area contributed by atoms with E-state index in [0.717, 1.165) is 12.0 Å². The van der Waals surface area contributed by atoms with Gasteiger partial charge < -0.3 is 9.73 Å². The quantitative estimate of drug-likeness (QED) is 0.893. The van der Waals surface area contributed by atoms with E-state index in [1.165, 1.54) is 36.7 Å². The van der Waals surface area contributed by atoms with E-state index in [4.69, 9.17) is 4.42 Å². The van der Waals surface area contributed by atoms with Gasteiger partial charge in [-0.25, -0.2) is 4.79 Å². The fraction of sp³-hybridized carbons (Fsp3) is 0.353. The molecule has 0 saturated carbocycles. The van der Waals surface area contributed by atoms with E-state index in [9.17, 15) is 4.79 Å². The molecule has 1 unspecified atom stereocenters. The molecule has 0 spiro atoms. The van der Waals surface area contributed by atoms with E-state index < -0.39 is 0 Å². The van der Waals surface area contributed by atoms with Crippen molar-refractivity contribution in [3.63, 3.8) is 0 Å². The van der Waals surface area contributed by atoms with Crippen LogP contribution < -0.4 is 10.6 Å². The summed E-state index contributed by atoms with van der Waals surface area (Å²) in [5.41, 5.74) is 4.03. The number of anilines is 1. The van der Waals surface area contributed by atoms with Crippen molar-refractivity contribution in [2.45, 2.75) is 38.6 Å². The molecule has 1 aliphatic carbocycles. The summed E-state index contributed by atoms with van der Waals surface area (Å²) in [7, 11) is 0. The van der Waals surface area contributed by atoms with Crippen molar-refractivity contribution in [2.24, 2.45) is 0 Å². The minimum Gasteiger partial charge on any atom is -0.449 e. The van der Waals surface area contributed by atoms with Gasteiger partial charge >= 0.3 is 6.03 Å². The molecule has 110 valence electrons. The highest BCUT2D eigenvalue weighted by Gasteiger charge is 2.14. The Hall–Kier alpha value is -2.23. The second kappa shape index (κ2) is 6.04. The number of carbonyl (C=O) groups excluding carboxylic acids is 1. The van der Waals surface area contributed by atoms with Crippen LogP contribution in [0.5, 0.6) is 0 Å². The first-order chi connectivity index (χ1) is 10.2. The van der Waals surface area contributed by atoms with Crippen molar-refractivity contribution >= 4 is 11.9 Å². The number of hydrogen-bond donors (Lipinski definition) is 2. The van der Waals surface area contributed by atoms with Crippen LogP contribution in [0.4, 0.5) is 10.7 Å². The van der Waals surface area contributed by atoms with Crippen molar-refractivity contribution in [3.8, 4) is 0 Å². The third-order valence-corrected chi connectivity index (χ3v) is 3.98. The average molecular weight is 284 g/mol. The molecular formula is C17H20N2O2. The highest BCUT2D eigenvalue weighted by Crippen LogP contribution is 2.24. The van der Waals surface area contributed by atoms with Gasteiger partial charge in [-0.3, -0.25) is 5.32 Å². The van der Waals surface area contributed by atoms with Crippen LogP contribution in [0.15, 0.2) is 41.0 Å². The van der Waals surface area contributed by atoms with Crippen molar-refractivity contribution in [3.05, 3.63) is 53.3 Å². The van der Waals surface area contributed by atoms with E-state index in [1.807, 2.05) is 6.92 Å². The summed E-state index contributed by atoms with van der Waals surface area (Å²) in [6.45, 7) is 1.99. The lowest BCUT2D eigenvalue weighted by Crippen LogP contribution is -2.31.